The molecule has 0 unspecified atom stereocenters. The molecule has 118 valence electrons. The van der Waals surface area contributed by atoms with Crippen molar-refractivity contribution in [2.75, 3.05) is 4.90 Å². The number of nitriles is 1. The van der Waals surface area contributed by atoms with E-state index in [9.17, 15) is 5.26 Å². The highest BCUT2D eigenvalue weighted by Crippen LogP contribution is 2.32. The van der Waals surface area contributed by atoms with Crippen molar-refractivity contribution < 1.29 is 4.42 Å². The van der Waals surface area contributed by atoms with Gasteiger partial charge in [-0.15, -0.1) is 5.10 Å². The smallest absolute Gasteiger partial charge is 0.318 e. The summed E-state index contributed by atoms with van der Waals surface area (Å²) in [5.74, 6) is 0.657. The summed E-state index contributed by atoms with van der Waals surface area (Å²) in [4.78, 5) is 2.08. The summed E-state index contributed by atoms with van der Waals surface area (Å²) in [5.41, 5.74) is 5.21. The molecule has 1 aromatic heterocycles. The summed E-state index contributed by atoms with van der Waals surface area (Å²) >= 11 is 0. The number of hydrogen-bond acceptors (Lipinski definition) is 5. The first-order chi connectivity index (χ1) is 11.8. The molecule has 0 N–H and O–H groups in total. The van der Waals surface area contributed by atoms with Gasteiger partial charge in [0.15, 0.2) is 0 Å². The minimum Gasteiger partial charge on any atom is -0.408 e. The fourth-order valence-corrected chi connectivity index (χ4v) is 3.05. The molecule has 5 heteroatoms. The van der Waals surface area contributed by atoms with Crippen molar-refractivity contribution in [2.45, 2.75) is 26.4 Å². The van der Waals surface area contributed by atoms with E-state index < -0.39 is 0 Å². The van der Waals surface area contributed by atoms with Gasteiger partial charge in [0.1, 0.15) is 0 Å². The topological polar surface area (TPSA) is 66.0 Å². The minimum atomic E-state index is 0.571. The van der Waals surface area contributed by atoms with Gasteiger partial charge >= 0.3 is 6.01 Å². The molecule has 5 nitrogen and oxygen atoms in total. The fourth-order valence-electron chi connectivity index (χ4n) is 3.05. The molecule has 2 heterocycles. The van der Waals surface area contributed by atoms with Gasteiger partial charge in [0.2, 0.25) is 5.89 Å². The van der Waals surface area contributed by atoms with E-state index in [1.165, 1.54) is 11.1 Å². The second kappa shape index (κ2) is 5.82. The third kappa shape index (κ3) is 2.42. The van der Waals surface area contributed by atoms with Gasteiger partial charge in [-0.2, -0.15) is 5.26 Å². The first-order valence-electron chi connectivity index (χ1n) is 7.97. The highest BCUT2D eigenvalue weighted by molar-refractivity contribution is 5.71. The summed E-state index contributed by atoms with van der Waals surface area (Å²) in [6.07, 6.45) is 0.739. The van der Waals surface area contributed by atoms with Crippen LogP contribution in [-0.2, 0) is 19.5 Å². The van der Waals surface area contributed by atoms with Gasteiger partial charge in [0, 0.05) is 19.5 Å². The summed E-state index contributed by atoms with van der Waals surface area (Å²) in [7, 11) is 0. The quantitative estimate of drug-likeness (QED) is 0.737. The summed E-state index contributed by atoms with van der Waals surface area (Å²) in [5, 5.41) is 17.5. The number of aryl methyl sites for hydroxylation is 1. The Morgan fingerprint density at radius 3 is 2.75 bits per heavy atom. The molecule has 0 aliphatic carbocycles. The second-order valence-electron chi connectivity index (χ2n) is 5.83. The first kappa shape index (κ1) is 14.5. The lowest BCUT2D eigenvalue weighted by molar-refractivity contribution is 0.490. The monoisotopic (exact) mass is 316 g/mol. The van der Waals surface area contributed by atoms with Gasteiger partial charge in [-0.25, -0.2) is 0 Å². The highest BCUT2D eigenvalue weighted by Gasteiger charge is 2.23. The Labute approximate surface area is 140 Å². The van der Waals surface area contributed by atoms with Crippen molar-refractivity contribution in [1.29, 1.82) is 5.26 Å². The first-order valence-corrected chi connectivity index (χ1v) is 7.97. The molecule has 4 rings (SSSR count). The maximum absolute atomic E-state index is 9.30. The van der Waals surface area contributed by atoms with Crippen LogP contribution in [0.3, 0.4) is 0 Å². The SMILES string of the molecule is CCc1nnc(N2Cc3ccc(-c4ccccc4C#N)cc3C2)o1. The summed E-state index contributed by atoms with van der Waals surface area (Å²) in [6, 6.07) is 16.9. The van der Waals surface area contributed by atoms with Crippen LogP contribution in [0.5, 0.6) is 0 Å². The van der Waals surface area contributed by atoms with Crippen molar-refractivity contribution in [2.24, 2.45) is 0 Å². The zero-order valence-corrected chi connectivity index (χ0v) is 13.4. The molecule has 0 radical (unpaired) electrons. The molecule has 1 aliphatic heterocycles. The Morgan fingerprint density at radius 1 is 1.12 bits per heavy atom. The Hall–Kier alpha value is -3.13. The van der Waals surface area contributed by atoms with Gasteiger partial charge < -0.3 is 9.32 Å². The van der Waals surface area contributed by atoms with Gasteiger partial charge in [-0.05, 0) is 34.4 Å². The van der Waals surface area contributed by atoms with Gasteiger partial charge in [0.25, 0.3) is 0 Å². The van der Waals surface area contributed by atoms with Crippen molar-refractivity contribution in [1.82, 2.24) is 10.2 Å². The number of fused-ring (bicyclic) bond motifs is 1. The van der Waals surface area contributed by atoms with Crippen LogP contribution in [0.1, 0.15) is 29.5 Å². The maximum Gasteiger partial charge on any atom is 0.318 e. The van der Waals surface area contributed by atoms with Crippen molar-refractivity contribution in [3.8, 4) is 17.2 Å². The Kier molecular flexibility index (Phi) is 3.51. The Balaban J connectivity index is 1.65. The molecule has 0 saturated heterocycles. The van der Waals surface area contributed by atoms with Gasteiger partial charge in [0.05, 0.1) is 11.6 Å². The second-order valence-corrected chi connectivity index (χ2v) is 5.83. The molecule has 0 bridgehead atoms. The lowest BCUT2D eigenvalue weighted by Crippen LogP contribution is -2.14. The van der Waals surface area contributed by atoms with Crippen LogP contribution in [0, 0.1) is 11.3 Å². The van der Waals surface area contributed by atoms with E-state index in [4.69, 9.17) is 4.42 Å². The molecule has 0 amide bonds. The summed E-state index contributed by atoms with van der Waals surface area (Å²) < 4.78 is 5.66. The van der Waals surface area contributed by atoms with E-state index in [0.29, 0.717) is 17.5 Å². The molecule has 1 aliphatic rings. The van der Waals surface area contributed by atoms with Crippen LogP contribution in [-0.4, -0.2) is 10.2 Å². The fraction of sp³-hybridized carbons (Fsp3) is 0.211. The molecule has 24 heavy (non-hydrogen) atoms. The van der Waals surface area contributed by atoms with E-state index in [0.717, 1.165) is 30.6 Å². The standard InChI is InChI=1S/C19H16N4O/c1-2-18-21-22-19(24-18)23-11-15-8-7-13(9-16(15)12-23)17-6-4-3-5-14(17)10-20/h3-9H,2,11-12H2,1H3. The molecule has 0 atom stereocenters. The van der Waals surface area contributed by atoms with Crippen LogP contribution in [0.2, 0.25) is 0 Å². The van der Waals surface area contributed by atoms with E-state index in [1.807, 2.05) is 31.2 Å². The third-order valence-electron chi connectivity index (χ3n) is 4.32. The van der Waals surface area contributed by atoms with Crippen molar-refractivity contribution in [3.05, 3.63) is 65.0 Å². The number of benzene rings is 2. The number of hydrogen-bond donors (Lipinski definition) is 0. The summed E-state index contributed by atoms with van der Waals surface area (Å²) in [6.45, 7) is 3.50. The zero-order valence-electron chi connectivity index (χ0n) is 13.4. The van der Waals surface area contributed by atoms with Crippen LogP contribution >= 0.6 is 0 Å². The Morgan fingerprint density at radius 2 is 1.96 bits per heavy atom. The van der Waals surface area contributed by atoms with Crippen LogP contribution in [0.25, 0.3) is 11.1 Å². The number of aromatic nitrogens is 2. The largest absolute Gasteiger partial charge is 0.408 e. The molecular formula is C19H16N4O. The van der Waals surface area contributed by atoms with Crippen LogP contribution in [0.15, 0.2) is 46.9 Å². The minimum absolute atomic E-state index is 0.571. The molecule has 2 aromatic carbocycles. The third-order valence-corrected chi connectivity index (χ3v) is 4.32. The van der Waals surface area contributed by atoms with E-state index >= 15 is 0 Å². The van der Waals surface area contributed by atoms with Crippen LogP contribution < -0.4 is 4.90 Å². The predicted octanol–water partition coefficient (Wildman–Crippen LogP) is 3.69. The molecular weight excluding hydrogens is 300 g/mol. The number of rotatable bonds is 3. The Bertz CT molecular complexity index is 939. The number of anilines is 1. The van der Waals surface area contributed by atoms with Crippen LogP contribution in [0.4, 0.5) is 6.01 Å². The molecule has 3 aromatic rings. The zero-order chi connectivity index (χ0) is 16.5. The molecule has 0 saturated carbocycles. The molecule has 0 fully saturated rings. The predicted molar refractivity (Wildman–Crippen MR) is 90.2 cm³/mol. The van der Waals surface area contributed by atoms with Gasteiger partial charge in [-0.3, -0.25) is 0 Å². The maximum atomic E-state index is 9.30. The molecule has 0 spiro atoms. The number of nitrogens with zero attached hydrogens (tertiary/aromatic N) is 4. The highest BCUT2D eigenvalue weighted by atomic mass is 16.4. The van der Waals surface area contributed by atoms with Crippen molar-refractivity contribution >= 4 is 6.01 Å². The van der Waals surface area contributed by atoms with Gasteiger partial charge in [-0.1, -0.05) is 42.4 Å². The average molecular weight is 316 g/mol. The van der Waals surface area contributed by atoms with E-state index in [-0.39, 0.29) is 0 Å². The lowest BCUT2D eigenvalue weighted by Gasteiger charge is -2.10. The van der Waals surface area contributed by atoms with Crippen molar-refractivity contribution in [3.63, 3.8) is 0 Å². The lowest BCUT2D eigenvalue weighted by atomic mass is 9.97. The normalized spacial score (nSPS) is 12.9. The average Bonchev–Trinajstić information content (AvgIpc) is 3.27. The van der Waals surface area contributed by atoms with E-state index in [2.05, 4.69) is 39.4 Å². The van der Waals surface area contributed by atoms with E-state index in [1.54, 1.807) is 0 Å².